The van der Waals surface area contributed by atoms with Crippen LogP contribution in [0.5, 0.6) is 0 Å². The predicted molar refractivity (Wildman–Crippen MR) is 158 cm³/mol. The molecule has 5 rings (SSSR count). The average Bonchev–Trinajstić information content (AvgIpc) is 3.46. The van der Waals surface area contributed by atoms with Crippen molar-refractivity contribution in [3.63, 3.8) is 0 Å². The first-order valence-electron chi connectivity index (χ1n) is 14.0. The number of halogens is 3. The SMILES string of the molecule is Cc1[nH]c2ccccc2c1C[C@@H](NC(=O)C(C)(C)N)C(=O)N1CCC(n2c(=O)[nH]c3ccccc32)CC1.O=C(O)C(F)(F)F. The number of aromatic nitrogens is 3. The molecule has 2 amide bonds. The molecule has 4 aromatic rings. The van der Waals surface area contributed by atoms with Gasteiger partial charge in [-0.25, -0.2) is 9.59 Å². The number of fused-ring (bicyclic) bond motifs is 2. The van der Waals surface area contributed by atoms with Gasteiger partial charge in [-0.1, -0.05) is 30.3 Å². The monoisotopic (exact) mass is 616 g/mol. The third-order valence-corrected chi connectivity index (χ3v) is 7.63. The van der Waals surface area contributed by atoms with Gasteiger partial charge in [-0.3, -0.25) is 14.2 Å². The van der Waals surface area contributed by atoms with E-state index in [1.54, 1.807) is 18.7 Å². The number of alkyl halides is 3. The van der Waals surface area contributed by atoms with Gasteiger partial charge in [-0.05, 0) is 57.4 Å². The summed E-state index contributed by atoms with van der Waals surface area (Å²) in [5.41, 5.74) is 9.47. The first-order valence-corrected chi connectivity index (χ1v) is 14.0. The summed E-state index contributed by atoms with van der Waals surface area (Å²) < 4.78 is 33.5. The van der Waals surface area contributed by atoms with Crippen molar-refractivity contribution in [2.75, 3.05) is 13.1 Å². The zero-order valence-corrected chi connectivity index (χ0v) is 24.5. The van der Waals surface area contributed by atoms with E-state index >= 15 is 0 Å². The number of carbonyl (C=O) groups excluding carboxylic acids is 2. The van der Waals surface area contributed by atoms with Crippen LogP contribution in [-0.4, -0.2) is 73.2 Å². The Bertz CT molecular complexity index is 1720. The summed E-state index contributed by atoms with van der Waals surface area (Å²) in [6.07, 6.45) is -3.41. The molecule has 0 unspecified atom stereocenters. The lowest BCUT2D eigenvalue weighted by Gasteiger charge is -2.35. The molecule has 2 aromatic carbocycles. The van der Waals surface area contributed by atoms with E-state index in [1.165, 1.54) is 0 Å². The van der Waals surface area contributed by atoms with Crippen LogP contribution >= 0.6 is 0 Å². The van der Waals surface area contributed by atoms with Crippen LogP contribution in [0.4, 0.5) is 13.2 Å². The standard InChI is InChI=1S/C28H34N6O3.C2HF3O2/c1-17-20(19-8-4-5-9-21(19)30-17)16-23(31-26(36)28(2,3)29)25(35)33-14-12-18(13-15-33)34-24-11-7-6-10-22(24)32-27(34)37;3-2(4,5)1(6)7/h4-11,18,23,30H,12-16,29H2,1-3H3,(H,31,36)(H,32,37);(H,6,7)/t23-;/m1./s1. The van der Waals surface area contributed by atoms with Gasteiger partial charge in [-0.15, -0.1) is 0 Å². The van der Waals surface area contributed by atoms with Crippen molar-refractivity contribution in [1.29, 1.82) is 0 Å². The average molecular weight is 617 g/mol. The Hall–Kier alpha value is -4.59. The van der Waals surface area contributed by atoms with E-state index in [0.29, 0.717) is 32.4 Å². The number of nitrogens with one attached hydrogen (secondary N) is 3. The number of nitrogens with two attached hydrogens (primary N) is 1. The minimum Gasteiger partial charge on any atom is -0.475 e. The Labute approximate surface area is 250 Å². The number of carbonyl (C=O) groups is 3. The maximum Gasteiger partial charge on any atom is 0.490 e. The Morgan fingerprint density at radius 1 is 1.02 bits per heavy atom. The number of hydrogen-bond acceptors (Lipinski definition) is 5. The third-order valence-electron chi connectivity index (χ3n) is 7.63. The van der Waals surface area contributed by atoms with Crippen LogP contribution in [0.2, 0.25) is 0 Å². The lowest BCUT2D eigenvalue weighted by Crippen LogP contribution is -2.57. The molecule has 0 radical (unpaired) electrons. The topological polar surface area (TPSA) is 166 Å². The van der Waals surface area contributed by atoms with Crippen molar-refractivity contribution in [3.05, 3.63) is 70.3 Å². The highest BCUT2D eigenvalue weighted by Gasteiger charge is 2.38. The summed E-state index contributed by atoms with van der Waals surface area (Å²) >= 11 is 0. The van der Waals surface area contributed by atoms with Gasteiger partial charge in [0.1, 0.15) is 6.04 Å². The number of aliphatic carboxylic acids is 1. The number of carboxylic acids is 1. The molecule has 0 bridgehead atoms. The molecule has 1 aliphatic heterocycles. The van der Waals surface area contributed by atoms with Gasteiger partial charge in [-0.2, -0.15) is 13.2 Å². The van der Waals surface area contributed by atoms with E-state index in [4.69, 9.17) is 15.6 Å². The highest BCUT2D eigenvalue weighted by Crippen LogP contribution is 2.27. The number of carboxylic acid groups (broad SMARTS) is 1. The third kappa shape index (κ3) is 7.13. The fourth-order valence-corrected chi connectivity index (χ4v) is 5.35. The largest absolute Gasteiger partial charge is 0.490 e. The molecule has 11 nitrogen and oxygen atoms in total. The zero-order chi connectivity index (χ0) is 32.4. The summed E-state index contributed by atoms with van der Waals surface area (Å²) in [4.78, 5) is 56.3. The Balaban J connectivity index is 0.000000566. The van der Waals surface area contributed by atoms with Crippen molar-refractivity contribution in [3.8, 4) is 0 Å². The zero-order valence-electron chi connectivity index (χ0n) is 24.5. The Morgan fingerprint density at radius 3 is 2.18 bits per heavy atom. The lowest BCUT2D eigenvalue weighted by atomic mass is 9.98. The molecule has 14 heteroatoms. The molecule has 44 heavy (non-hydrogen) atoms. The summed E-state index contributed by atoms with van der Waals surface area (Å²) in [7, 11) is 0. The van der Waals surface area contributed by atoms with Gasteiger partial charge in [0.25, 0.3) is 0 Å². The highest BCUT2D eigenvalue weighted by atomic mass is 19.4. The quantitative estimate of drug-likeness (QED) is 0.223. The molecule has 1 fully saturated rings. The maximum atomic E-state index is 13.8. The molecular formula is C30H35F3N6O5. The number of rotatable bonds is 6. The van der Waals surface area contributed by atoms with Gasteiger partial charge in [0, 0.05) is 42.1 Å². The molecule has 0 spiro atoms. The van der Waals surface area contributed by atoms with Crippen molar-refractivity contribution >= 4 is 39.7 Å². The van der Waals surface area contributed by atoms with Crippen molar-refractivity contribution in [1.82, 2.24) is 24.8 Å². The number of aromatic amines is 2. The summed E-state index contributed by atoms with van der Waals surface area (Å²) in [5, 5.41) is 11.1. The predicted octanol–water partition coefficient (Wildman–Crippen LogP) is 3.38. The van der Waals surface area contributed by atoms with Crippen molar-refractivity contribution in [2.24, 2.45) is 5.73 Å². The summed E-state index contributed by atoms with van der Waals surface area (Å²) in [6.45, 7) is 6.24. The molecule has 6 N–H and O–H groups in total. The van der Waals surface area contributed by atoms with Crippen LogP contribution in [0.3, 0.4) is 0 Å². The number of imidazole rings is 1. The van der Waals surface area contributed by atoms with Gasteiger partial charge >= 0.3 is 17.8 Å². The van der Waals surface area contributed by atoms with E-state index in [2.05, 4.69) is 15.3 Å². The fraction of sp³-hybridized carbons (Fsp3) is 0.400. The first kappa shape index (κ1) is 32.3. The van der Waals surface area contributed by atoms with Crippen LogP contribution in [0.15, 0.2) is 53.3 Å². The molecule has 2 aromatic heterocycles. The number of amides is 2. The molecule has 236 valence electrons. The van der Waals surface area contributed by atoms with Crippen LogP contribution in [0, 0.1) is 6.92 Å². The van der Waals surface area contributed by atoms with Crippen LogP contribution in [-0.2, 0) is 20.8 Å². The normalized spacial score (nSPS) is 15.1. The molecule has 0 saturated carbocycles. The van der Waals surface area contributed by atoms with Gasteiger partial charge < -0.3 is 31.0 Å². The Kier molecular flexibility index (Phi) is 9.23. The van der Waals surface area contributed by atoms with Gasteiger partial charge in [0.05, 0.1) is 16.6 Å². The van der Waals surface area contributed by atoms with Crippen molar-refractivity contribution < 1.29 is 32.7 Å². The molecule has 1 saturated heterocycles. The van der Waals surface area contributed by atoms with E-state index in [0.717, 1.165) is 33.2 Å². The minimum absolute atomic E-state index is 0.000391. The number of aryl methyl sites for hydroxylation is 1. The lowest BCUT2D eigenvalue weighted by molar-refractivity contribution is -0.192. The first-order chi connectivity index (χ1) is 20.6. The summed E-state index contributed by atoms with van der Waals surface area (Å²) in [6, 6.07) is 14.9. The van der Waals surface area contributed by atoms with E-state index in [-0.39, 0.29) is 23.5 Å². The molecule has 0 aliphatic carbocycles. The number of hydrogen-bond donors (Lipinski definition) is 5. The number of nitrogens with zero attached hydrogens (tertiary/aromatic N) is 2. The number of piperidine rings is 1. The van der Waals surface area contributed by atoms with Crippen LogP contribution in [0.1, 0.15) is 44.0 Å². The van der Waals surface area contributed by atoms with Crippen LogP contribution in [0.25, 0.3) is 21.9 Å². The van der Waals surface area contributed by atoms with E-state index < -0.39 is 23.7 Å². The van der Waals surface area contributed by atoms with Crippen molar-refractivity contribution in [2.45, 2.75) is 63.8 Å². The highest BCUT2D eigenvalue weighted by molar-refractivity contribution is 5.93. The molecule has 1 atom stereocenters. The second kappa shape index (κ2) is 12.6. The Morgan fingerprint density at radius 2 is 1.59 bits per heavy atom. The smallest absolute Gasteiger partial charge is 0.475 e. The minimum atomic E-state index is -5.08. The second-order valence-corrected chi connectivity index (χ2v) is 11.4. The second-order valence-electron chi connectivity index (χ2n) is 11.4. The maximum absolute atomic E-state index is 13.8. The van der Waals surface area contributed by atoms with Crippen LogP contribution < -0.4 is 16.7 Å². The molecule has 1 aliphatic rings. The molecular weight excluding hydrogens is 581 g/mol. The van der Waals surface area contributed by atoms with Gasteiger partial charge in [0.15, 0.2) is 0 Å². The number of benzene rings is 2. The number of para-hydroxylation sites is 3. The summed E-state index contributed by atoms with van der Waals surface area (Å²) in [5.74, 6) is -3.26. The van der Waals surface area contributed by atoms with E-state index in [9.17, 15) is 27.6 Å². The van der Waals surface area contributed by atoms with E-state index in [1.807, 2.05) is 60.0 Å². The number of likely N-dealkylation sites (tertiary alicyclic amines) is 1. The molecule has 3 heterocycles. The number of H-pyrrole nitrogens is 2. The van der Waals surface area contributed by atoms with Gasteiger partial charge in [0.2, 0.25) is 11.8 Å². The fourth-order valence-electron chi connectivity index (χ4n) is 5.35.